The van der Waals surface area contributed by atoms with Crippen molar-refractivity contribution < 1.29 is 43.0 Å². The van der Waals surface area contributed by atoms with Crippen molar-refractivity contribution in [1.29, 1.82) is 0 Å². The van der Waals surface area contributed by atoms with E-state index < -0.39 is 49.2 Å². The molecule has 2 amide bonds. The van der Waals surface area contributed by atoms with Crippen LogP contribution in [0.1, 0.15) is 0 Å². The summed E-state index contributed by atoms with van der Waals surface area (Å²) >= 11 is 0. The first-order valence-electron chi connectivity index (χ1n) is 8.29. The number of anilines is 2. The van der Waals surface area contributed by atoms with Gasteiger partial charge >= 0.3 is 27.0 Å². The zero-order valence-corrected chi connectivity index (χ0v) is 18.8. The Morgan fingerprint density at radius 1 is 1.03 bits per heavy atom. The number of urea groups is 1. The Kier molecular flexibility index (Phi) is 10.0. The molecule has 0 aliphatic heterocycles. The average Bonchev–Trinajstić information content (AvgIpc) is 2.65. The summed E-state index contributed by atoms with van der Waals surface area (Å²) < 4.78 is 83.0. The van der Waals surface area contributed by atoms with Crippen LogP contribution >= 0.6 is 0 Å². The number of carbonyl (C=O) groups excluding carboxylic acids is 1. The molecule has 2 rings (SSSR count). The molecule has 0 radical (unpaired) electrons. The highest BCUT2D eigenvalue weighted by atomic mass is 32.3. The van der Waals surface area contributed by atoms with E-state index in [-0.39, 0.29) is 16.3 Å². The summed E-state index contributed by atoms with van der Waals surface area (Å²) in [5.74, 6) is -0.652. The summed E-state index contributed by atoms with van der Waals surface area (Å²) in [7, 11) is -11.7. The van der Waals surface area contributed by atoms with E-state index in [4.69, 9.17) is 28.6 Å². The molecule has 0 aromatic heterocycles. The zero-order chi connectivity index (χ0) is 25.2. The largest absolute Gasteiger partial charge is 0.425 e. The third-order valence-corrected chi connectivity index (χ3v) is 5.49. The number of hydrogen-bond donors (Lipinski definition) is 4. The number of sulfone groups is 1. The van der Waals surface area contributed by atoms with E-state index in [1.165, 1.54) is 36.4 Å². The fraction of sp³-hybridized carbons (Fsp3) is 0.133. The number of rotatable bonds is 8. The highest BCUT2D eigenvalue weighted by Gasteiger charge is 2.16. The molecule has 0 spiro atoms. The van der Waals surface area contributed by atoms with Gasteiger partial charge in [-0.3, -0.25) is 4.55 Å². The van der Waals surface area contributed by atoms with Gasteiger partial charge in [0.15, 0.2) is 9.84 Å². The van der Waals surface area contributed by atoms with E-state index in [1.807, 2.05) is 0 Å². The number of nitrogens with zero attached hydrogens (tertiary/aromatic N) is 2. The molecule has 0 aliphatic carbocycles. The average molecular weight is 524 g/mol. The van der Waals surface area contributed by atoms with E-state index in [9.17, 15) is 21.6 Å². The van der Waals surface area contributed by atoms with Crippen molar-refractivity contribution in [2.45, 2.75) is 4.90 Å². The molecule has 0 unspecified atom stereocenters. The molecule has 0 aliphatic rings. The lowest BCUT2D eigenvalue weighted by atomic mass is 10.2. The minimum atomic E-state index is -4.72. The van der Waals surface area contributed by atoms with Gasteiger partial charge in [0.2, 0.25) is 0 Å². The van der Waals surface area contributed by atoms with Crippen molar-refractivity contribution in [3.63, 3.8) is 0 Å². The molecular formula is C15H17N5O10S3. The Labute approximate surface area is 189 Å². The maximum atomic E-state index is 12.1. The van der Waals surface area contributed by atoms with Gasteiger partial charge in [0, 0.05) is 5.69 Å². The summed E-state index contributed by atoms with van der Waals surface area (Å²) in [6, 6.07) is 8.95. The summed E-state index contributed by atoms with van der Waals surface area (Å²) in [6.45, 7) is -0.727. The second kappa shape index (κ2) is 12.0. The summed E-state index contributed by atoms with van der Waals surface area (Å²) in [4.78, 5) is 11.0. The van der Waals surface area contributed by atoms with E-state index in [0.29, 0.717) is 11.4 Å². The second-order valence-corrected chi connectivity index (χ2v) is 9.34. The molecule has 180 valence electrons. The van der Waals surface area contributed by atoms with Crippen LogP contribution in [0.4, 0.5) is 27.5 Å². The molecule has 2 aromatic carbocycles. The standard InChI is InChI=1S/C15H17N5O7S2.O3S/c16-10-1-6-13(14(9-10)18-15(17)21)20-19-11-2-4-12(5-3-11)28(22,23)8-7-27-29(24,25)26;1-4(2)3/h1-6,9H,7-8,16H2,(H3,17,18,21)(H,24,25,26);. The van der Waals surface area contributed by atoms with Crippen LogP contribution in [0.3, 0.4) is 0 Å². The number of nitrogens with two attached hydrogens (primary N) is 2. The van der Waals surface area contributed by atoms with Crippen LogP contribution < -0.4 is 16.8 Å². The van der Waals surface area contributed by atoms with Gasteiger partial charge in [0.05, 0.1) is 28.6 Å². The van der Waals surface area contributed by atoms with Gasteiger partial charge in [-0.2, -0.15) is 13.5 Å². The monoisotopic (exact) mass is 523 g/mol. The lowest BCUT2D eigenvalue weighted by Gasteiger charge is -2.06. The Balaban J connectivity index is 0.00000125. The Morgan fingerprint density at radius 3 is 2.12 bits per heavy atom. The van der Waals surface area contributed by atoms with Crippen molar-refractivity contribution in [1.82, 2.24) is 0 Å². The number of carbonyl (C=O) groups is 1. The topological polar surface area (TPSA) is 255 Å². The van der Waals surface area contributed by atoms with Gasteiger partial charge in [-0.1, -0.05) is 0 Å². The van der Waals surface area contributed by atoms with Gasteiger partial charge in [0.25, 0.3) is 0 Å². The first-order valence-corrected chi connectivity index (χ1v) is 12.3. The number of primary amides is 1. The lowest BCUT2D eigenvalue weighted by molar-refractivity contribution is 0.259. The highest BCUT2D eigenvalue weighted by molar-refractivity contribution is 7.91. The molecule has 15 nitrogen and oxygen atoms in total. The van der Waals surface area contributed by atoms with Crippen LogP contribution in [-0.2, 0) is 35.0 Å². The van der Waals surface area contributed by atoms with Gasteiger partial charge in [-0.25, -0.2) is 17.4 Å². The Morgan fingerprint density at radius 2 is 1.61 bits per heavy atom. The third kappa shape index (κ3) is 11.1. The normalized spacial score (nSPS) is 11.4. The Bertz CT molecular complexity index is 1330. The van der Waals surface area contributed by atoms with Crippen LogP contribution in [0.2, 0.25) is 0 Å². The predicted molar refractivity (Wildman–Crippen MR) is 114 cm³/mol. The quantitative estimate of drug-likeness (QED) is 0.213. The van der Waals surface area contributed by atoms with E-state index in [0.717, 1.165) is 0 Å². The summed E-state index contributed by atoms with van der Waals surface area (Å²) in [5.41, 5.74) is 11.9. The molecule has 0 atom stereocenters. The van der Waals surface area contributed by atoms with E-state index >= 15 is 0 Å². The number of amides is 2. The predicted octanol–water partition coefficient (Wildman–Crippen LogP) is 0.764. The molecule has 18 heteroatoms. The number of benzene rings is 2. The first kappa shape index (κ1) is 27.6. The van der Waals surface area contributed by atoms with Crippen LogP contribution in [-0.4, -0.2) is 52.4 Å². The fourth-order valence-corrected chi connectivity index (χ4v) is 3.56. The fourth-order valence-electron chi connectivity index (χ4n) is 2.07. The maximum absolute atomic E-state index is 12.1. The van der Waals surface area contributed by atoms with E-state index in [2.05, 4.69) is 19.7 Å². The lowest BCUT2D eigenvalue weighted by Crippen LogP contribution is -2.19. The van der Waals surface area contributed by atoms with Crippen LogP contribution in [0.25, 0.3) is 0 Å². The molecule has 33 heavy (non-hydrogen) atoms. The molecule has 2 aromatic rings. The smallest absolute Gasteiger partial charge is 0.399 e. The first-order chi connectivity index (χ1) is 15.2. The molecule has 0 fully saturated rings. The Hall–Kier alpha value is -3.45. The van der Waals surface area contributed by atoms with Crippen molar-refractivity contribution in [2.75, 3.05) is 23.4 Å². The second-order valence-electron chi connectivity index (χ2n) is 5.73. The van der Waals surface area contributed by atoms with Gasteiger partial charge in [0.1, 0.15) is 5.69 Å². The molecule has 0 saturated heterocycles. The van der Waals surface area contributed by atoms with Gasteiger partial charge in [-0.15, -0.1) is 17.7 Å². The molecule has 0 saturated carbocycles. The zero-order valence-electron chi connectivity index (χ0n) is 16.4. The van der Waals surface area contributed by atoms with Crippen molar-refractivity contribution >= 4 is 59.6 Å². The third-order valence-electron chi connectivity index (χ3n) is 3.33. The number of nitrogen functional groups attached to an aromatic ring is 1. The van der Waals surface area contributed by atoms with Gasteiger partial charge < -0.3 is 16.8 Å². The molecule has 6 N–H and O–H groups in total. The minimum Gasteiger partial charge on any atom is -0.399 e. The van der Waals surface area contributed by atoms with Crippen molar-refractivity contribution in [2.24, 2.45) is 16.0 Å². The van der Waals surface area contributed by atoms with Crippen LogP contribution in [0.15, 0.2) is 57.6 Å². The number of hydrogen-bond acceptors (Lipinski definition) is 12. The number of nitrogens with one attached hydrogen (secondary N) is 1. The molecular weight excluding hydrogens is 506 g/mol. The summed E-state index contributed by atoms with van der Waals surface area (Å²) in [5, 5.41) is 10.3. The maximum Gasteiger partial charge on any atom is 0.425 e. The highest BCUT2D eigenvalue weighted by Crippen LogP contribution is 2.29. The van der Waals surface area contributed by atoms with Crippen LogP contribution in [0, 0.1) is 0 Å². The summed E-state index contributed by atoms with van der Waals surface area (Å²) in [6.07, 6.45) is 0. The number of azo groups is 1. The minimum absolute atomic E-state index is 0.0982. The van der Waals surface area contributed by atoms with E-state index in [1.54, 1.807) is 6.07 Å². The van der Waals surface area contributed by atoms with Gasteiger partial charge in [-0.05, 0) is 42.5 Å². The van der Waals surface area contributed by atoms with Crippen LogP contribution in [0.5, 0.6) is 0 Å². The SMILES string of the molecule is NC(=O)Nc1cc(N)ccc1N=Nc1ccc(S(=O)(=O)CCOS(=O)(=O)O)cc1.O=S(=O)=O. The molecule has 0 bridgehead atoms. The van der Waals surface area contributed by atoms with Crippen molar-refractivity contribution in [3.8, 4) is 0 Å². The molecule has 0 heterocycles. The van der Waals surface area contributed by atoms with Crippen molar-refractivity contribution in [3.05, 3.63) is 42.5 Å².